The summed E-state index contributed by atoms with van der Waals surface area (Å²) in [6, 6.07) is 10.1. The first-order chi connectivity index (χ1) is 14.4. The molecule has 0 aliphatic carbocycles. The van der Waals surface area contributed by atoms with E-state index in [4.69, 9.17) is 0 Å². The molecule has 0 amide bonds. The summed E-state index contributed by atoms with van der Waals surface area (Å²) in [6.45, 7) is 28.4. The van der Waals surface area contributed by atoms with Crippen LogP contribution < -0.4 is 10.6 Å². The zero-order valence-electron chi connectivity index (χ0n) is 22.6. The molecule has 0 fully saturated rings. The van der Waals surface area contributed by atoms with E-state index in [0.717, 1.165) is 12.8 Å². The van der Waals surface area contributed by atoms with Gasteiger partial charge in [0.2, 0.25) is 0 Å². The van der Waals surface area contributed by atoms with Crippen molar-refractivity contribution in [3.8, 4) is 0 Å². The van der Waals surface area contributed by atoms with E-state index < -0.39 is 0 Å². The molecule has 0 saturated carbocycles. The summed E-state index contributed by atoms with van der Waals surface area (Å²) < 4.78 is 0. The Kier molecular flexibility index (Phi) is 6.71. The molecule has 0 bridgehead atoms. The summed E-state index contributed by atoms with van der Waals surface area (Å²) in [5.74, 6) is 0. The Morgan fingerprint density at radius 2 is 0.781 bits per heavy atom. The van der Waals surface area contributed by atoms with Gasteiger partial charge in [0.15, 0.2) is 0 Å². The Morgan fingerprint density at radius 1 is 0.469 bits per heavy atom. The van der Waals surface area contributed by atoms with Crippen molar-refractivity contribution in [2.45, 2.75) is 118 Å². The third-order valence-electron chi connectivity index (χ3n) is 6.64. The van der Waals surface area contributed by atoms with Crippen LogP contribution in [0.25, 0.3) is 0 Å². The summed E-state index contributed by atoms with van der Waals surface area (Å²) >= 11 is 0. The first kappa shape index (κ1) is 25.7. The van der Waals surface area contributed by atoms with Crippen LogP contribution in [-0.2, 0) is 34.5 Å². The molecule has 1 aliphatic rings. The van der Waals surface area contributed by atoms with Gasteiger partial charge in [0.25, 0.3) is 0 Å². The molecule has 0 aromatic heterocycles. The maximum Gasteiger partial charge on any atom is 0.0133 e. The Balaban J connectivity index is 2.30. The van der Waals surface area contributed by atoms with E-state index in [9.17, 15) is 0 Å². The van der Waals surface area contributed by atoms with Gasteiger partial charge < -0.3 is 0 Å². The van der Waals surface area contributed by atoms with Crippen molar-refractivity contribution >= 4 is 26.3 Å². The molecule has 0 spiro atoms. The predicted octanol–water partition coefficient (Wildman–Crippen LogP) is 8.73. The summed E-state index contributed by atoms with van der Waals surface area (Å²) in [4.78, 5) is 0. The van der Waals surface area contributed by atoms with Gasteiger partial charge in [-0.05, 0) is 83.6 Å². The highest BCUT2D eigenvalue weighted by Crippen LogP contribution is 2.38. The number of benzene rings is 2. The van der Waals surface area contributed by atoms with Gasteiger partial charge in [-0.1, -0.05) is 107 Å². The SMILES string of the molecule is CC(C)(C)c1cc2c(c(C(C)(C)C)c1)P=Pc1c(cc(C(C)(C)C)cc1C(C)(C)C)CC2. The average Bonchev–Trinajstić information content (AvgIpc) is 2.58. The van der Waals surface area contributed by atoms with Crippen LogP contribution in [0, 0.1) is 0 Å². The van der Waals surface area contributed by atoms with Crippen LogP contribution in [0.4, 0.5) is 0 Å². The molecular formula is C30H44P2. The first-order valence-corrected chi connectivity index (χ1v) is 14.7. The van der Waals surface area contributed by atoms with Gasteiger partial charge in [-0.3, -0.25) is 0 Å². The van der Waals surface area contributed by atoms with Gasteiger partial charge in [0.1, 0.15) is 0 Å². The highest BCUT2D eigenvalue weighted by atomic mass is 31.7. The topological polar surface area (TPSA) is 0 Å². The molecule has 0 unspecified atom stereocenters. The summed E-state index contributed by atoms with van der Waals surface area (Å²) in [5.41, 5.74) is 9.83. The van der Waals surface area contributed by atoms with Crippen LogP contribution in [0.1, 0.15) is 116 Å². The van der Waals surface area contributed by atoms with Crippen molar-refractivity contribution in [2.75, 3.05) is 0 Å². The molecule has 174 valence electrons. The van der Waals surface area contributed by atoms with Gasteiger partial charge in [0, 0.05) is 10.6 Å². The lowest BCUT2D eigenvalue weighted by molar-refractivity contribution is 0.568. The van der Waals surface area contributed by atoms with Gasteiger partial charge >= 0.3 is 0 Å². The quantitative estimate of drug-likeness (QED) is 0.341. The molecule has 32 heavy (non-hydrogen) atoms. The van der Waals surface area contributed by atoms with Gasteiger partial charge in [-0.15, -0.1) is 0 Å². The molecule has 1 heterocycles. The highest BCUT2D eigenvalue weighted by Gasteiger charge is 2.28. The van der Waals surface area contributed by atoms with Crippen molar-refractivity contribution in [3.63, 3.8) is 0 Å². The molecule has 1 aliphatic heterocycles. The lowest BCUT2D eigenvalue weighted by Crippen LogP contribution is -2.28. The predicted molar refractivity (Wildman–Crippen MR) is 148 cm³/mol. The zero-order valence-corrected chi connectivity index (χ0v) is 24.4. The van der Waals surface area contributed by atoms with E-state index in [1.165, 1.54) is 26.9 Å². The number of aryl methyl sites for hydroxylation is 2. The maximum absolute atomic E-state index is 2.52. The van der Waals surface area contributed by atoms with E-state index >= 15 is 0 Å². The second-order valence-electron chi connectivity index (χ2n) is 13.8. The maximum atomic E-state index is 2.52. The normalized spacial score (nSPS) is 16.1. The fourth-order valence-electron chi connectivity index (χ4n) is 4.39. The molecule has 0 nitrogen and oxygen atoms in total. The summed E-state index contributed by atoms with van der Waals surface area (Å²) in [7, 11) is 2.87. The zero-order chi connectivity index (χ0) is 24.3. The van der Waals surface area contributed by atoms with Crippen LogP contribution in [0.5, 0.6) is 0 Å². The van der Waals surface area contributed by atoms with E-state index in [2.05, 4.69) is 107 Å². The minimum absolute atomic E-state index is 0.152. The second-order valence-corrected chi connectivity index (χ2v) is 16.3. The number of hydrogen-bond donors (Lipinski definition) is 0. The monoisotopic (exact) mass is 466 g/mol. The second kappa shape index (κ2) is 8.36. The molecule has 3 rings (SSSR count). The lowest BCUT2D eigenvalue weighted by atomic mass is 9.78. The van der Waals surface area contributed by atoms with Crippen LogP contribution in [-0.4, -0.2) is 0 Å². The van der Waals surface area contributed by atoms with Gasteiger partial charge in [-0.25, -0.2) is 0 Å². The largest absolute Gasteiger partial charge is 0.0561 e. The molecule has 0 saturated heterocycles. The fraction of sp³-hybridized carbons (Fsp3) is 0.600. The van der Waals surface area contributed by atoms with Crippen molar-refractivity contribution < 1.29 is 0 Å². The lowest BCUT2D eigenvalue weighted by Gasteiger charge is -2.31. The smallest absolute Gasteiger partial charge is 0.0133 e. The minimum Gasteiger partial charge on any atom is -0.0561 e. The van der Waals surface area contributed by atoms with Crippen LogP contribution in [0.3, 0.4) is 0 Å². The molecular weight excluding hydrogens is 422 g/mol. The number of hydrogen-bond acceptors (Lipinski definition) is 0. The van der Waals surface area contributed by atoms with E-state index in [1.54, 1.807) is 32.9 Å². The summed E-state index contributed by atoms with van der Waals surface area (Å²) in [5, 5.41) is 3.16. The highest BCUT2D eigenvalue weighted by molar-refractivity contribution is 7.91. The molecule has 2 heteroatoms. The van der Waals surface area contributed by atoms with Crippen LogP contribution >= 0.6 is 15.7 Å². The molecule has 0 N–H and O–H groups in total. The Morgan fingerprint density at radius 3 is 1.03 bits per heavy atom. The van der Waals surface area contributed by atoms with Crippen molar-refractivity contribution in [1.82, 2.24) is 0 Å². The van der Waals surface area contributed by atoms with E-state index in [0.29, 0.717) is 0 Å². The molecule has 0 atom stereocenters. The molecule has 0 radical (unpaired) electrons. The Hall–Kier alpha value is -0.960. The van der Waals surface area contributed by atoms with Crippen LogP contribution in [0.2, 0.25) is 0 Å². The first-order valence-electron chi connectivity index (χ1n) is 12.2. The third-order valence-corrected chi connectivity index (χ3v) is 9.70. The Bertz CT molecular complexity index is 957. The van der Waals surface area contributed by atoms with Crippen molar-refractivity contribution in [3.05, 3.63) is 57.6 Å². The van der Waals surface area contributed by atoms with Crippen LogP contribution in [0.15, 0.2) is 24.3 Å². The number of fused-ring (bicyclic) bond motifs is 2. The van der Waals surface area contributed by atoms with E-state index in [-0.39, 0.29) is 21.7 Å². The average molecular weight is 467 g/mol. The van der Waals surface area contributed by atoms with Gasteiger partial charge in [-0.2, -0.15) is 0 Å². The molecule has 2 aromatic carbocycles. The standard InChI is InChI=1S/C30H44P2/c1-27(2,3)21-15-19-13-14-20-16-22(28(4,5)6)18-24(30(10,11)12)26(20)32-31-25(19)23(17-21)29(7,8)9/h15-18H,13-14H2,1-12H3. The fourth-order valence-corrected chi connectivity index (χ4v) is 8.23. The van der Waals surface area contributed by atoms with Gasteiger partial charge in [0.05, 0.1) is 0 Å². The van der Waals surface area contributed by atoms with Crippen molar-refractivity contribution in [1.29, 1.82) is 0 Å². The summed E-state index contributed by atoms with van der Waals surface area (Å²) in [6.07, 6.45) is 2.27. The number of rotatable bonds is 0. The molecule has 2 aromatic rings. The van der Waals surface area contributed by atoms with E-state index in [1.807, 2.05) is 0 Å². The van der Waals surface area contributed by atoms with Crippen molar-refractivity contribution in [2.24, 2.45) is 0 Å². The minimum atomic E-state index is 0.152. The Labute approximate surface area is 201 Å². The third kappa shape index (κ3) is 5.40.